The quantitative estimate of drug-likeness (QED) is 0.845. The molecule has 1 saturated heterocycles. The third kappa shape index (κ3) is 5.00. The van der Waals surface area contributed by atoms with E-state index in [1.165, 1.54) is 4.90 Å². The van der Waals surface area contributed by atoms with Gasteiger partial charge < -0.3 is 20.3 Å². The smallest absolute Gasteiger partial charge is 0.410 e. The van der Waals surface area contributed by atoms with E-state index < -0.39 is 5.60 Å². The Morgan fingerprint density at radius 3 is 2.55 bits per heavy atom. The lowest BCUT2D eigenvalue weighted by Gasteiger charge is -2.38. The average molecular weight is 285 g/mol. The lowest BCUT2D eigenvalue weighted by atomic mass is 10.0. The zero-order valence-electron chi connectivity index (χ0n) is 13.0. The topological polar surface area (TPSA) is 75.9 Å². The second kappa shape index (κ2) is 6.92. The van der Waals surface area contributed by atoms with Gasteiger partial charge in [-0.3, -0.25) is 4.79 Å². The Labute approximate surface area is 121 Å². The molecule has 6 heteroatoms. The summed E-state index contributed by atoms with van der Waals surface area (Å²) in [6.07, 6.45) is 2.61. The molecule has 2 amide bonds. The summed E-state index contributed by atoms with van der Waals surface area (Å²) in [5, 5.41) is 0. The number of nitrogens with two attached hydrogens (primary N) is 1. The molecule has 0 aromatic heterocycles. The summed E-state index contributed by atoms with van der Waals surface area (Å²) in [5.74, 6) is -0.0488. The van der Waals surface area contributed by atoms with Gasteiger partial charge in [0.25, 0.3) is 0 Å². The summed E-state index contributed by atoms with van der Waals surface area (Å²) in [4.78, 5) is 27.1. The third-order valence-electron chi connectivity index (χ3n) is 3.31. The highest BCUT2D eigenvalue weighted by atomic mass is 16.6. The minimum atomic E-state index is -0.509. The van der Waals surface area contributed by atoms with Crippen molar-refractivity contribution >= 4 is 12.0 Å². The molecule has 0 aromatic carbocycles. The number of carbonyl (C=O) groups is 2. The molecule has 0 bridgehead atoms. The summed E-state index contributed by atoms with van der Waals surface area (Å²) in [7, 11) is 1.70. The second-order valence-electron chi connectivity index (χ2n) is 6.30. The van der Waals surface area contributed by atoms with Crippen molar-refractivity contribution < 1.29 is 14.3 Å². The largest absolute Gasteiger partial charge is 0.444 e. The van der Waals surface area contributed by atoms with Gasteiger partial charge in [-0.25, -0.2) is 4.79 Å². The molecule has 116 valence electrons. The fourth-order valence-corrected chi connectivity index (χ4v) is 2.37. The number of hydrogen-bond donors (Lipinski definition) is 1. The minimum absolute atomic E-state index is 0.0205. The highest BCUT2D eigenvalue weighted by Gasteiger charge is 2.29. The Morgan fingerprint density at radius 1 is 1.35 bits per heavy atom. The Kier molecular flexibility index (Phi) is 5.80. The van der Waals surface area contributed by atoms with E-state index in [2.05, 4.69) is 0 Å². The predicted octanol–water partition coefficient (Wildman–Crippen LogP) is 1.19. The van der Waals surface area contributed by atoms with Gasteiger partial charge in [0, 0.05) is 26.2 Å². The van der Waals surface area contributed by atoms with E-state index in [1.54, 1.807) is 11.9 Å². The van der Waals surface area contributed by atoms with Crippen LogP contribution in [0.4, 0.5) is 4.79 Å². The van der Waals surface area contributed by atoms with E-state index in [9.17, 15) is 9.59 Å². The maximum absolute atomic E-state index is 12.0. The van der Waals surface area contributed by atoms with E-state index >= 15 is 0 Å². The molecule has 20 heavy (non-hydrogen) atoms. The maximum Gasteiger partial charge on any atom is 0.410 e. The first-order valence-corrected chi connectivity index (χ1v) is 7.18. The Bertz CT molecular complexity index is 352. The van der Waals surface area contributed by atoms with Crippen LogP contribution in [-0.4, -0.2) is 60.1 Å². The average Bonchev–Trinajstić information content (AvgIpc) is 2.36. The highest BCUT2D eigenvalue weighted by molar-refractivity contribution is 5.78. The molecule has 0 saturated carbocycles. The van der Waals surface area contributed by atoms with Crippen LogP contribution >= 0.6 is 0 Å². The highest BCUT2D eigenvalue weighted by Crippen LogP contribution is 2.18. The van der Waals surface area contributed by atoms with Crippen LogP contribution in [0.3, 0.4) is 0 Å². The van der Waals surface area contributed by atoms with Crippen molar-refractivity contribution in [2.45, 2.75) is 51.7 Å². The summed E-state index contributed by atoms with van der Waals surface area (Å²) >= 11 is 0. The molecule has 0 aromatic rings. The molecule has 1 aliphatic heterocycles. The van der Waals surface area contributed by atoms with E-state index in [4.69, 9.17) is 10.5 Å². The number of likely N-dealkylation sites (tertiary alicyclic amines) is 1. The molecular formula is C14H27N3O3. The Balaban J connectivity index is 2.60. The first-order valence-electron chi connectivity index (χ1n) is 7.18. The van der Waals surface area contributed by atoms with Crippen molar-refractivity contribution in [1.29, 1.82) is 0 Å². The molecule has 1 heterocycles. The summed E-state index contributed by atoms with van der Waals surface area (Å²) in [5.41, 5.74) is 4.93. The normalized spacial score (nSPS) is 19.6. The molecule has 1 atom stereocenters. The van der Waals surface area contributed by atoms with Crippen molar-refractivity contribution in [3.63, 3.8) is 0 Å². The summed E-state index contributed by atoms with van der Waals surface area (Å²) < 4.78 is 5.32. The third-order valence-corrected chi connectivity index (χ3v) is 3.31. The first kappa shape index (κ1) is 16.8. The van der Waals surface area contributed by atoms with Crippen LogP contribution in [0.25, 0.3) is 0 Å². The molecule has 6 nitrogen and oxygen atoms in total. The molecule has 0 aliphatic carbocycles. The zero-order chi connectivity index (χ0) is 15.3. The molecule has 1 fully saturated rings. The first-order chi connectivity index (χ1) is 9.24. The molecule has 0 radical (unpaired) electrons. The Hall–Kier alpha value is -1.30. The lowest BCUT2D eigenvalue weighted by Crippen LogP contribution is -2.51. The number of hydrogen-bond acceptors (Lipinski definition) is 4. The van der Waals surface area contributed by atoms with E-state index in [0.29, 0.717) is 6.54 Å². The number of amides is 2. The van der Waals surface area contributed by atoms with E-state index in [-0.39, 0.29) is 24.6 Å². The SMILES string of the molecule is CN(CC1CCCCN1C(=O)CN)C(=O)OC(C)(C)C. The van der Waals surface area contributed by atoms with Crippen LogP contribution < -0.4 is 5.73 Å². The predicted molar refractivity (Wildman–Crippen MR) is 77.3 cm³/mol. The number of rotatable bonds is 3. The van der Waals surface area contributed by atoms with Crippen LogP contribution in [-0.2, 0) is 9.53 Å². The minimum Gasteiger partial charge on any atom is -0.444 e. The monoisotopic (exact) mass is 285 g/mol. The number of ether oxygens (including phenoxy) is 1. The van der Waals surface area contributed by atoms with Gasteiger partial charge in [0.2, 0.25) is 5.91 Å². The van der Waals surface area contributed by atoms with Crippen LogP contribution in [0.1, 0.15) is 40.0 Å². The van der Waals surface area contributed by atoms with Crippen molar-refractivity contribution in [2.24, 2.45) is 5.73 Å². The van der Waals surface area contributed by atoms with Crippen LogP contribution in [0, 0.1) is 0 Å². The second-order valence-corrected chi connectivity index (χ2v) is 6.30. The van der Waals surface area contributed by atoms with E-state index in [1.807, 2.05) is 20.8 Å². The Morgan fingerprint density at radius 2 is 2.00 bits per heavy atom. The molecule has 1 aliphatic rings. The lowest BCUT2D eigenvalue weighted by molar-refractivity contribution is -0.133. The fraction of sp³-hybridized carbons (Fsp3) is 0.857. The van der Waals surface area contributed by atoms with Gasteiger partial charge in [-0.1, -0.05) is 0 Å². The van der Waals surface area contributed by atoms with Gasteiger partial charge in [-0.05, 0) is 40.0 Å². The summed E-state index contributed by atoms with van der Waals surface area (Å²) in [6.45, 7) is 6.74. The molecule has 1 unspecified atom stereocenters. The number of likely N-dealkylation sites (N-methyl/N-ethyl adjacent to an activating group) is 1. The van der Waals surface area contributed by atoms with Gasteiger partial charge in [0.15, 0.2) is 0 Å². The van der Waals surface area contributed by atoms with Gasteiger partial charge in [0.1, 0.15) is 5.60 Å². The molecule has 0 spiro atoms. The summed E-state index contributed by atoms with van der Waals surface area (Å²) in [6, 6.07) is 0.0392. The fourth-order valence-electron chi connectivity index (χ4n) is 2.37. The van der Waals surface area contributed by atoms with Crippen molar-refractivity contribution in [2.75, 3.05) is 26.7 Å². The van der Waals surface area contributed by atoms with Crippen LogP contribution in [0.15, 0.2) is 0 Å². The van der Waals surface area contributed by atoms with Crippen molar-refractivity contribution in [3.05, 3.63) is 0 Å². The van der Waals surface area contributed by atoms with Gasteiger partial charge >= 0.3 is 6.09 Å². The van der Waals surface area contributed by atoms with Crippen LogP contribution in [0.5, 0.6) is 0 Å². The molecular weight excluding hydrogens is 258 g/mol. The van der Waals surface area contributed by atoms with Gasteiger partial charge in [0.05, 0.1) is 6.54 Å². The standard InChI is InChI=1S/C14H27N3O3/c1-14(2,3)20-13(19)16(4)10-11-7-5-6-8-17(11)12(18)9-15/h11H,5-10,15H2,1-4H3. The van der Waals surface area contributed by atoms with Gasteiger partial charge in [-0.15, -0.1) is 0 Å². The van der Waals surface area contributed by atoms with Crippen molar-refractivity contribution in [1.82, 2.24) is 9.80 Å². The number of piperidine rings is 1. The maximum atomic E-state index is 12.0. The number of carbonyl (C=O) groups excluding carboxylic acids is 2. The number of nitrogens with zero attached hydrogens (tertiary/aromatic N) is 2. The van der Waals surface area contributed by atoms with Crippen molar-refractivity contribution in [3.8, 4) is 0 Å². The zero-order valence-corrected chi connectivity index (χ0v) is 13.0. The molecule has 2 N–H and O–H groups in total. The van der Waals surface area contributed by atoms with Crippen LogP contribution in [0.2, 0.25) is 0 Å². The van der Waals surface area contributed by atoms with Gasteiger partial charge in [-0.2, -0.15) is 0 Å². The van der Waals surface area contributed by atoms with E-state index in [0.717, 1.165) is 25.8 Å². The molecule has 1 rings (SSSR count).